The van der Waals surface area contributed by atoms with Crippen molar-refractivity contribution < 1.29 is 13.2 Å². The van der Waals surface area contributed by atoms with Crippen molar-refractivity contribution in [2.75, 3.05) is 12.3 Å². The average molecular weight is 305 g/mol. The Hall–Kier alpha value is -0.820. The van der Waals surface area contributed by atoms with Gasteiger partial charge in [0, 0.05) is 17.3 Å². The Morgan fingerprint density at radius 2 is 2.16 bits per heavy atom. The summed E-state index contributed by atoms with van der Waals surface area (Å²) in [4.78, 5) is 0.122. The van der Waals surface area contributed by atoms with E-state index in [0.717, 1.165) is 0 Å². The molecule has 1 aromatic rings. The zero-order chi connectivity index (χ0) is 14.2. The summed E-state index contributed by atoms with van der Waals surface area (Å²) in [6, 6.07) is 2.73. The minimum absolute atomic E-state index is 0.122. The van der Waals surface area contributed by atoms with Crippen LogP contribution < -0.4 is 10.5 Å². The molecular formula is C12H17ClN2O3S. The van der Waals surface area contributed by atoms with Gasteiger partial charge >= 0.3 is 0 Å². The van der Waals surface area contributed by atoms with E-state index >= 15 is 0 Å². The Bertz CT molecular complexity index is 589. The molecule has 5 nitrogen and oxygen atoms in total. The van der Waals surface area contributed by atoms with Crippen molar-refractivity contribution in [1.29, 1.82) is 0 Å². The molecule has 3 N–H and O–H groups in total. The highest BCUT2D eigenvalue weighted by atomic mass is 35.5. The van der Waals surface area contributed by atoms with Crippen molar-refractivity contribution in [2.45, 2.75) is 37.3 Å². The van der Waals surface area contributed by atoms with Crippen LogP contribution in [-0.2, 0) is 14.8 Å². The number of nitrogens with one attached hydrogen (secondary N) is 1. The zero-order valence-corrected chi connectivity index (χ0v) is 12.4. The topological polar surface area (TPSA) is 81.4 Å². The van der Waals surface area contributed by atoms with Crippen LogP contribution in [-0.4, -0.2) is 27.2 Å². The summed E-state index contributed by atoms with van der Waals surface area (Å²) < 4.78 is 32.8. The van der Waals surface area contributed by atoms with E-state index in [4.69, 9.17) is 22.1 Å². The normalized spacial score (nSPS) is 23.7. The second kappa shape index (κ2) is 5.28. The van der Waals surface area contributed by atoms with E-state index in [0.29, 0.717) is 29.3 Å². The van der Waals surface area contributed by atoms with E-state index in [9.17, 15) is 8.42 Å². The van der Waals surface area contributed by atoms with Gasteiger partial charge in [-0.1, -0.05) is 11.6 Å². The number of halogens is 1. The minimum Gasteiger partial charge on any atom is -0.398 e. The summed E-state index contributed by atoms with van der Waals surface area (Å²) in [5.74, 6) is 0. The third-order valence-corrected chi connectivity index (χ3v) is 5.17. The first-order chi connectivity index (χ1) is 8.81. The van der Waals surface area contributed by atoms with Gasteiger partial charge in [-0.3, -0.25) is 0 Å². The van der Waals surface area contributed by atoms with E-state index < -0.39 is 10.0 Å². The second-order valence-electron chi connectivity index (χ2n) is 4.71. The van der Waals surface area contributed by atoms with Crippen LogP contribution in [0, 0.1) is 6.92 Å². The van der Waals surface area contributed by atoms with Crippen molar-refractivity contribution in [3.63, 3.8) is 0 Å². The number of benzene rings is 1. The molecular weight excluding hydrogens is 288 g/mol. The Balaban J connectivity index is 2.34. The molecule has 1 aliphatic heterocycles. The lowest BCUT2D eigenvalue weighted by atomic mass is 10.2. The van der Waals surface area contributed by atoms with Crippen LogP contribution in [0.1, 0.15) is 18.9 Å². The highest BCUT2D eigenvalue weighted by Gasteiger charge is 2.30. The maximum atomic E-state index is 12.4. The molecule has 0 amide bonds. The molecule has 1 saturated heterocycles. The molecule has 0 aliphatic carbocycles. The molecule has 106 valence electrons. The van der Waals surface area contributed by atoms with Gasteiger partial charge in [0.25, 0.3) is 0 Å². The van der Waals surface area contributed by atoms with Crippen LogP contribution in [0.3, 0.4) is 0 Å². The predicted molar refractivity (Wildman–Crippen MR) is 74.7 cm³/mol. The number of ether oxygens (including phenoxy) is 1. The summed E-state index contributed by atoms with van der Waals surface area (Å²) >= 11 is 5.88. The number of nitrogens with two attached hydrogens (primary N) is 1. The summed E-state index contributed by atoms with van der Waals surface area (Å²) in [7, 11) is -3.65. The van der Waals surface area contributed by atoms with Gasteiger partial charge in [-0.2, -0.15) is 0 Å². The number of hydrogen-bond donors (Lipinski definition) is 2. The van der Waals surface area contributed by atoms with Crippen LogP contribution in [0.4, 0.5) is 5.69 Å². The first-order valence-electron chi connectivity index (χ1n) is 6.01. The van der Waals surface area contributed by atoms with E-state index in [1.54, 1.807) is 6.92 Å². The van der Waals surface area contributed by atoms with Crippen molar-refractivity contribution in [1.82, 2.24) is 4.72 Å². The SMILES string of the molecule is Cc1c(N)cc(Cl)cc1S(=O)(=O)NC1CCOC1C. The molecule has 0 bridgehead atoms. The van der Waals surface area contributed by atoms with Gasteiger partial charge in [-0.15, -0.1) is 0 Å². The van der Waals surface area contributed by atoms with Gasteiger partial charge in [-0.05, 0) is 38.0 Å². The van der Waals surface area contributed by atoms with Crippen LogP contribution in [0.5, 0.6) is 0 Å². The maximum Gasteiger partial charge on any atom is 0.241 e. The Morgan fingerprint density at radius 3 is 2.74 bits per heavy atom. The van der Waals surface area contributed by atoms with Gasteiger partial charge in [0.1, 0.15) is 0 Å². The molecule has 2 unspecified atom stereocenters. The lowest BCUT2D eigenvalue weighted by Gasteiger charge is -2.18. The number of sulfonamides is 1. The van der Waals surface area contributed by atoms with E-state index in [1.807, 2.05) is 6.92 Å². The fourth-order valence-electron chi connectivity index (χ4n) is 2.10. The molecule has 2 rings (SSSR count). The lowest BCUT2D eigenvalue weighted by Crippen LogP contribution is -2.39. The predicted octanol–water partition coefficient (Wildman–Crippen LogP) is 1.69. The first kappa shape index (κ1) is 14.6. The molecule has 1 fully saturated rings. The number of anilines is 1. The number of rotatable bonds is 3. The van der Waals surface area contributed by atoms with Gasteiger partial charge < -0.3 is 10.5 Å². The standard InChI is InChI=1S/C12H17ClN2O3S/c1-7-10(14)5-9(13)6-12(7)19(16,17)15-11-3-4-18-8(11)2/h5-6,8,11,15H,3-4,14H2,1-2H3. The highest BCUT2D eigenvalue weighted by Crippen LogP contribution is 2.27. The molecule has 19 heavy (non-hydrogen) atoms. The summed E-state index contributed by atoms with van der Waals surface area (Å²) in [6.45, 7) is 4.07. The van der Waals surface area contributed by atoms with E-state index in [-0.39, 0.29) is 17.0 Å². The van der Waals surface area contributed by atoms with E-state index in [2.05, 4.69) is 4.72 Å². The maximum absolute atomic E-state index is 12.4. The average Bonchev–Trinajstić information content (AvgIpc) is 2.69. The molecule has 2 atom stereocenters. The molecule has 0 radical (unpaired) electrons. The fourth-order valence-corrected chi connectivity index (χ4v) is 4.03. The van der Waals surface area contributed by atoms with Gasteiger partial charge in [0.05, 0.1) is 17.0 Å². The highest BCUT2D eigenvalue weighted by molar-refractivity contribution is 7.89. The first-order valence-corrected chi connectivity index (χ1v) is 7.87. The summed E-state index contributed by atoms with van der Waals surface area (Å²) in [5, 5.41) is 0.305. The zero-order valence-electron chi connectivity index (χ0n) is 10.8. The van der Waals surface area contributed by atoms with Crippen molar-refractivity contribution in [3.8, 4) is 0 Å². The molecule has 1 heterocycles. The third-order valence-electron chi connectivity index (χ3n) is 3.34. The van der Waals surface area contributed by atoms with Crippen LogP contribution in [0.2, 0.25) is 5.02 Å². The number of nitrogen functional groups attached to an aromatic ring is 1. The fraction of sp³-hybridized carbons (Fsp3) is 0.500. The summed E-state index contributed by atoms with van der Waals surface area (Å²) in [6.07, 6.45) is 0.529. The smallest absolute Gasteiger partial charge is 0.241 e. The molecule has 0 saturated carbocycles. The van der Waals surface area contributed by atoms with Crippen molar-refractivity contribution in [3.05, 3.63) is 22.7 Å². The van der Waals surface area contributed by atoms with Gasteiger partial charge in [0.2, 0.25) is 10.0 Å². The van der Waals surface area contributed by atoms with Crippen molar-refractivity contribution in [2.24, 2.45) is 0 Å². The Kier molecular flexibility index (Phi) is 4.06. The molecule has 1 aliphatic rings. The quantitative estimate of drug-likeness (QED) is 0.833. The van der Waals surface area contributed by atoms with Crippen LogP contribution >= 0.6 is 11.6 Å². The van der Waals surface area contributed by atoms with E-state index in [1.165, 1.54) is 12.1 Å². The molecule has 1 aromatic carbocycles. The Morgan fingerprint density at radius 1 is 1.47 bits per heavy atom. The minimum atomic E-state index is -3.65. The molecule has 0 spiro atoms. The summed E-state index contributed by atoms with van der Waals surface area (Å²) in [5.41, 5.74) is 6.62. The number of hydrogen-bond acceptors (Lipinski definition) is 4. The largest absolute Gasteiger partial charge is 0.398 e. The second-order valence-corrected chi connectivity index (χ2v) is 6.83. The third kappa shape index (κ3) is 3.02. The Labute approximate surface area is 118 Å². The van der Waals surface area contributed by atoms with Crippen molar-refractivity contribution >= 4 is 27.3 Å². The molecule has 0 aromatic heterocycles. The molecule has 7 heteroatoms. The van der Waals surface area contributed by atoms with Gasteiger partial charge in [-0.25, -0.2) is 13.1 Å². The van der Waals surface area contributed by atoms with Gasteiger partial charge in [0.15, 0.2) is 0 Å². The monoisotopic (exact) mass is 304 g/mol. The van der Waals surface area contributed by atoms with Crippen LogP contribution in [0.25, 0.3) is 0 Å². The lowest BCUT2D eigenvalue weighted by molar-refractivity contribution is 0.117. The van der Waals surface area contributed by atoms with Crippen LogP contribution in [0.15, 0.2) is 17.0 Å².